The average Bonchev–Trinajstić information content (AvgIpc) is 3.43. The molecular formula is C30H19N7Na2O7S. The van der Waals surface area contributed by atoms with E-state index in [2.05, 4.69) is 31.0 Å². The van der Waals surface area contributed by atoms with Crippen LogP contribution >= 0.6 is 0 Å². The largest absolute Gasteiger partial charge is 1.00 e. The van der Waals surface area contributed by atoms with Crippen LogP contribution in [-0.2, 0) is 19.7 Å². The number of allylic oxidation sites excluding steroid dienone is 4. The third-order valence-electron chi connectivity index (χ3n) is 6.76. The minimum Gasteiger partial charge on any atom is -0.744 e. The first kappa shape index (κ1) is 35.7. The van der Waals surface area contributed by atoms with Gasteiger partial charge >= 0.3 is 59.1 Å². The van der Waals surface area contributed by atoms with Crippen LogP contribution in [0.2, 0.25) is 0 Å². The minimum absolute atomic E-state index is 0. The molecule has 4 aromatic rings. The van der Waals surface area contributed by atoms with Gasteiger partial charge in [-0.3, -0.25) is 20.4 Å². The van der Waals surface area contributed by atoms with Gasteiger partial charge < -0.3 is 25.2 Å². The van der Waals surface area contributed by atoms with Gasteiger partial charge in [-0.05, 0) is 84.5 Å². The maximum Gasteiger partial charge on any atom is 1.00 e. The van der Waals surface area contributed by atoms with Crippen LogP contribution in [0.15, 0.2) is 99.6 Å². The van der Waals surface area contributed by atoms with E-state index >= 15 is 0 Å². The first-order chi connectivity index (χ1) is 21.5. The molecule has 0 atom stereocenters. The van der Waals surface area contributed by atoms with Crippen molar-refractivity contribution in [1.82, 2.24) is 9.97 Å². The van der Waals surface area contributed by atoms with E-state index in [-0.39, 0.29) is 81.6 Å². The van der Waals surface area contributed by atoms with Crippen LogP contribution in [0.5, 0.6) is 0 Å². The molecule has 0 saturated carbocycles. The number of imidazole rings is 1. The van der Waals surface area contributed by atoms with Gasteiger partial charge in [-0.15, -0.1) is 0 Å². The molecule has 47 heavy (non-hydrogen) atoms. The Morgan fingerprint density at radius 1 is 0.894 bits per heavy atom. The zero-order chi connectivity index (χ0) is 31.9. The number of hydrogen-bond donors (Lipinski definition) is 4. The predicted octanol–water partition coefficient (Wildman–Crippen LogP) is -4.05. The molecule has 6 rings (SSSR count). The molecular weight excluding hydrogens is 648 g/mol. The molecule has 0 amide bonds. The van der Waals surface area contributed by atoms with Crippen LogP contribution < -0.4 is 80.8 Å². The molecule has 5 N–H and O–H groups in total. The molecule has 224 valence electrons. The van der Waals surface area contributed by atoms with Crippen molar-refractivity contribution in [2.75, 3.05) is 16.6 Å². The fourth-order valence-electron chi connectivity index (χ4n) is 4.55. The van der Waals surface area contributed by atoms with Crippen molar-refractivity contribution < 1.29 is 91.6 Å². The molecule has 0 aliphatic heterocycles. The summed E-state index contributed by atoms with van der Waals surface area (Å²) in [6.45, 7) is 0. The summed E-state index contributed by atoms with van der Waals surface area (Å²) in [6, 6.07) is 16.3. The number of ketones is 2. The summed E-state index contributed by atoms with van der Waals surface area (Å²) in [4.78, 5) is 42.8. The minimum atomic E-state index is -5.03. The van der Waals surface area contributed by atoms with E-state index in [0.717, 1.165) is 23.8 Å². The number of anilines is 3. The smallest absolute Gasteiger partial charge is 0.744 e. The second-order valence-corrected chi connectivity index (χ2v) is 11.1. The summed E-state index contributed by atoms with van der Waals surface area (Å²) in [5.74, 6) is -2.49. The molecule has 0 radical (unpaired) electrons. The van der Waals surface area contributed by atoms with E-state index in [4.69, 9.17) is 5.73 Å². The number of carboxylic acids is 1. The number of nitrogens with one attached hydrogen (secondary N) is 3. The number of nitrogens with zero attached hydrogens (tertiary/aromatic N) is 3. The van der Waals surface area contributed by atoms with Crippen molar-refractivity contribution >= 4 is 73.2 Å². The quantitative estimate of drug-likeness (QED) is 0.0370. The van der Waals surface area contributed by atoms with E-state index in [1.165, 1.54) is 24.3 Å². The number of carbonyl (C=O) groups is 3. The Morgan fingerprint density at radius 2 is 1.60 bits per heavy atom. The summed E-state index contributed by atoms with van der Waals surface area (Å²) < 4.78 is 35.8. The van der Waals surface area contributed by atoms with Crippen molar-refractivity contribution in [3.05, 3.63) is 100 Å². The van der Waals surface area contributed by atoms with Gasteiger partial charge in [0.2, 0.25) is 5.78 Å². The number of Topliss-reactive ketones (excluding diaryl/α,β-unsaturated/α-hetero) is 1. The van der Waals surface area contributed by atoms with Crippen LogP contribution in [-0.4, -0.2) is 51.9 Å². The predicted molar refractivity (Wildman–Crippen MR) is 164 cm³/mol. The molecule has 1 heterocycles. The Bertz CT molecular complexity index is 2220. The maximum atomic E-state index is 13.1. The fraction of sp³-hybridized carbons (Fsp3) is 0. The molecule has 2 aliphatic carbocycles. The molecule has 0 spiro atoms. The Hall–Kier alpha value is -4.19. The number of fused-ring (bicyclic) bond motifs is 2. The Morgan fingerprint density at radius 3 is 2.30 bits per heavy atom. The second kappa shape index (κ2) is 14.3. The molecule has 2 aliphatic rings. The van der Waals surface area contributed by atoms with E-state index in [1.54, 1.807) is 42.5 Å². The molecule has 0 unspecified atom stereocenters. The number of H-pyrrole nitrogens is 1. The van der Waals surface area contributed by atoms with Gasteiger partial charge in [0.05, 0.1) is 39.0 Å². The first-order valence-corrected chi connectivity index (χ1v) is 14.4. The van der Waals surface area contributed by atoms with E-state index in [1.807, 2.05) is 0 Å². The number of carboxylic acid groups (broad SMARTS) is 1. The second-order valence-electron chi connectivity index (χ2n) is 9.80. The van der Waals surface area contributed by atoms with Crippen LogP contribution in [0.4, 0.5) is 17.1 Å². The van der Waals surface area contributed by atoms with Gasteiger partial charge in [0.1, 0.15) is 21.7 Å². The molecule has 3 aromatic carbocycles. The number of hydrazone groups is 2. The zero-order valence-electron chi connectivity index (χ0n) is 24.8. The van der Waals surface area contributed by atoms with Gasteiger partial charge in [0.15, 0.2) is 5.78 Å². The molecule has 0 bridgehead atoms. The van der Waals surface area contributed by atoms with Crippen molar-refractivity contribution in [3.8, 4) is 11.4 Å². The summed E-state index contributed by atoms with van der Waals surface area (Å²) in [6.07, 6.45) is 4.69. The Balaban J connectivity index is 0.00000250. The number of nitrogens with two attached hydrogens (primary N) is 1. The summed E-state index contributed by atoms with van der Waals surface area (Å²) in [5, 5.41) is 19.1. The van der Waals surface area contributed by atoms with Gasteiger partial charge in [-0.1, -0.05) is 6.07 Å². The number of nitrogen functional groups attached to an aromatic ring is 1. The third kappa shape index (κ3) is 7.69. The Kier molecular flexibility index (Phi) is 10.8. The zero-order valence-corrected chi connectivity index (χ0v) is 29.6. The van der Waals surface area contributed by atoms with Gasteiger partial charge in [0, 0.05) is 22.4 Å². The van der Waals surface area contributed by atoms with Gasteiger partial charge in [-0.2, -0.15) is 10.2 Å². The number of aromatic nitrogens is 2. The molecule has 0 fully saturated rings. The van der Waals surface area contributed by atoms with Crippen LogP contribution in [0, 0.1) is 0 Å². The van der Waals surface area contributed by atoms with E-state index in [9.17, 15) is 32.5 Å². The monoisotopic (exact) mass is 667 g/mol. The van der Waals surface area contributed by atoms with Crippen molar-refractivity contribution in [2.45, 2.75) is 0 Å². The van der Waals surface area contributed by atoms with Crippen LogP contribution in [0.25, 0.3) is 28.5 Å². The van der Waals surface area contributed by atoms with Gasteiger partial charge in [-0.25, -0.2) is 13.4 Å². The SMILES string of the molecule is Nc1ccc2c(c1)C(=O)/C(=N\Nc1ccc3[nH]c(-c4ccc(N/N=C5\C=CC(=O)C(C(=O)[O-])=C5)cc4)nc3c1)C(S(=O)(=O)[O-])=C2.[Na+].[Na+]. The van der Waals surface area contributed by atoms with E-state index < -0.39 is 43.8 Å². The summed E-state index contributed by atoms with van der Waals surface area (Å²) >= 11 is 0. The first-order valence-electron chi connectivity index (χ1n) is 13.0. The standard InChI is InChI=1S/C30H21N7O7S.2Na/c31-17-4-1-16-11-26(45(42,43)44)27(28(39)21(16)12-17)37-36-20-7-9-23-24(14-20)33-29(32-23)15-2-5-18(6-3-15)34-35-19-8-10-25(38)22(13-19)30(40)41;;/h1-14,34,36H,31H2,(H,32,33)(H,40,41)(H,42,43,44);;/q;2*+1/p-2/b35-19+,37-27-;;. The number of rotatable bonds is 7. The topological polar surface area (TPSA) is 235 Å². The number of carbonyl (C=O) groups excluding carboxylic acids is 3. The molecule has 1 aromatic heterocycles. The fourth-order valence-corrected chi connectivity index (χ4v) is 5.20. The van der Waals surface area contributed by atoms with Crippen LogP contribution in [0.3, 0.4) is 0 Å². The van der Waals surface area contributed by atoms with Crippen molar-refractivity contribution in [2.24, 2.45) is 10.2 Å². The summed E-state index contributed by atoms with van der Waals surface area (Å²) in [7, 11) is -5.03. The van der Waals surface area contributed by atoms with Crippen molar-refractivity contribution in [1.29, 1.82) is 0 Å². The molecule has 0 saturated heterocycles. The number of aliphatic carboxylic acids is 1. The number of hydrogen-bond acceptors (Lipinski definition) is 13. The van der Waals surface area contributed by atoms with Crippen molar-refractivity contribution in [3.63, 3.8) is 0 Å². The Labute approximate surface area is 310 Å². The number of benzene rings is 3. The molecule has 14 nitrogen and oxygen atoms in total. The molecule has 17 heteroatoms. The number of aromatic amines is 1. The average molecular weight is 668 g/mol. The third-order valence-corrected chi connectivity index (χ3v) is 7.61. The normalized spacial score (nSPS) is 15.8. The van der Waals surface area contributed by atoms with Crippen LogP contribution in [0.1, 0.15) is 15.9 Å². The summed E-state index contributed by atoms with van der Waals surface area (Å²) in [5.41, 5.74) is 13.9. The maximum absolute atomic E-state index is 13.1. The van der Waals surface area contributed by atoms with E-state index in [0.29, 0.717) is 28.2 Å². The van der Waals surface area contributed by atoms with Gasteiger partial charge in [0.25, 0.3) is 0 Å².